The molecule has 17 heavy (non-hydrogen) atoms. The Balaban J connectivity index is 1.43. The fraction of sp³-hybridized carbons (Fsp3) is 0.733. The Morgan fingerprint density at radius 2 is 2.06 bits per heavy atom. The molecule has 1 aromatic rings. The highest BCUT2D eigenvalue weighted by atomic mass is 16.3. The van der Waals surface area contributed by atoms with Gasteiger partial charge in [-0.25, -0.2) is 0 Å². The first kappa shape index (κ1) is 11.3. The first-order valence-corrected chi connectivity index (χ1v) is 7.12. The van der Waals surface area contributed by atoms with Crippen molar-refractivity contribution in [2.45, 2.75) is 51.5 Å². The van der Waals surface area contributed by atoms with Gasteiger partial charge in [0.05, 0.1) is 6.54 Å². The van der Waals surface area contributed by atoms with Crippen LogP contribution in [0.2, 0.25) is 0 Å². The summed E-state index contributed by atoms with van der Waals surface area (Å²) in [5, 5.41) is 3.53. The van der Waals surface area contributed by atoms with Crippen LogP contribution >= 0.6 is 0 Å². The maximum absolute atomic E-state index is 5.88. The zero-order valence-electron chi connectivity index (χ0n) is 10.7. The van der Waals surface area contributed by atoms with E-state index in [9.17, 15) is 0 Å². The van der Waals surface area contributed by atoms with Crippen molar-refractivity contribution in [2.24, 2.45) is 11.8 Å². The SMILES string of the molecule is CC1CC1c1ccc(CNCC2CCCC2)o1. The molecule has 3 rings (SSSR count). The summed E-state index contributed by atoms with van der Waals surface area (Å²) in [7, 11) is 0. The van der Waals surface area contributed by atoms with Crippen LogP contribution in [0.5, 0.6) is 0 Å². The number of rotatable bonds is 5. The van der Waals surface area contributed by atoms with Crippen LogP contribution in [0.4, 0.5) is 0 Å². The molecular weight excluding hydrogens is 210 g/mol. The molecule has 0 bridgehead atoms. The smallest absolute Gasteiger partial charge is 0.117 e. The van der Waals surface area contributed by atoms with Crippen LogP contribution in [0.15, 0.2) is 16.5 Å². The molecule has 2 aliphatic carbocycles. The lowest BCUT2D eigenvalue weighted by Gasteiger charge is -2.08. The lowest BCUT2D eigenvalue weighted by Crippen LogP contribution is -2.20. The highest BCUT2D eigenvalue weighted by Crippen LogP contribution is 2.47. The van der Waals surface area contributed by atoms with Crippen LogP contribution in [0, 0.1) is 11.8 Å². The van der Waals surface area contributed by atoms with Gasteiger partial charge in [-0.2, -0.15) is 0 Å². The maximum atomic E-state index is 5.88. The van der Waals surface area contributed by atoms with Crippen molar-refractivity contribution in [1.29, 1.82) is 0 Å². The highest BCUT2D eigenvalue weighted by molar-refractivity contribution is 5.17. The van der Waals surface area contributed by atoms with E-state index in [0.717, 1.165) is 30.7 Å². The van der Waals surface area contributed by atoms with Crippen molar-refractivity contribution in [3.63, 3.8) is 0 Å². The molecule has 0 radical (unpaired) electrons. The number of nitrogens with one attached hydrogen (secondary N) is 1. The molecule has 0 amide bonds. The lowest BCUT2D eigenvalue weighted by molar-refractivity contribution is 0.423. The fourth-order valence-corrected chi connectivity index (χ4v) is 3.02. The van der Waals surface area contributed by atoms with E-state index in [4.69, 9.17) is 4.42 Å². The van der Waals surface area contributed by atoms with Crippen molar-refractivity contribution in [3.8, 4) is 0 Å². The van der Waals surface area contributed by atoms with Gasteiger partial charge in [0.1, 0.15) is 11.5 Å². The topological polar surface area (TPSA) is 25.2 Å². The summed E-state index contributed by atoms with van der Waals surface area (Å²) in [5.41, 5.74) is 0. The van der Waals surface area contributed by atoms with Crippen LogP contribution in [0.1, 0.15) is 56.5 Å². The third-order valence-corrected chi connectivity index (χ3v) is 4.36. The Morgan fingerprint density at radius 1 is 1.29 bits per heavy atom. The molecule has 2 saturated carbocycles. The number of furan rings is 1. The number of hydrogen-bond donors (Lipinski definition) is 1. The summed E-state index contributed by atoms with van der Waals surface area (Å²) in [4.78, 5) is 0. The first-order valence-electron chi connectivity index (χ1n) is 7.12. The van der Waals surface area contributed by atoms with Gasteiger partial charge in [-0.3, -0.25) is 0 Å². The summed E-state index contributed by atoms with van der Waals surface area (Å²) < 4.78 is 5.88. The van der Waals surface area contributed by atoms with Gasteiger partial charge >= 0.3 is 0 Å². The molecule has 2 atom stereocenters. The van der Waals surface area contributed by atoms with E-state index in [1.54, 1.807) is 0 Å². The summed E-state index contributed by atoms with van der Waals surface area (Å²) in [6.07, 6.45) is 6.99. The van der Waals surface area contributed by atoms with Gasteiger partial charge in [-0.05, 0) is 49.8 Å². The van der Waals surface area contributed by atoms with Crippen molar-refractivity contribution in [2.75, 3.05) is 6.54 Å². The third-order valence-electron chi connectivity index (χ3n) is 4.36. The molecule has 2 unspecified atom stereocenters. The van der Waals surface area contributed by atoms with Gasteiger partial charge in [0.15, 0.2) is 0 Å². The Bertz CT molecular complexity index is 365. The van der Waals surface area contributed by atoms with Crippen LogP contribution in [-0.2, 0) is 6.54 Å². The monoisotopic (exact) mass is 233 g/mol. The van der Waals surface area contributed by atoms with Crippen molar-refractivity contribution < 1.29 is 4.42 Å². The molecule has 0 spiro atoms. The molecule has 94 valence electrons. The fourth-order valence-electron chi connectivity index (χ4n) is 3.02. The molecule has 0 saturated heterocycles. The summed E-state index contributed by atoms with van der Waals surface area (Å²) in [6, 6.07) is 4.31. The predicted octanol–water partition coefficient (Wildman–Crippen LogP) is 3.68. The summed E-state index contributed by atoms with van der Waals surface area (Å²) >= 11 is 0. The Labute approximate surface area is 104 Å². The van der Waals surface area contributed by atoms with Crippen LogP contribution in [0.3, 0.4) is 0 Å². The molecule has 2 heteroatoms. The van der Waals surface area contributed by atoms with E-state index in [2.05, 4.69) is 24.4 Å². The van der Waals surface area contributed by atoms with E-state index in [-0.39, 0.29) is 0 Å². The maximum Gasteiger partial charge on any atom is 0.117 e. The Morgan fingerprint density at radius 3 is 2.76 bits per heavy atom. The molecular formula is C15H23NO. The van der Waals surface area contributed by atoms with Crippen LogP contribution in [-0.4, -0.2) is 6.54 Å². The third kappa shape index (κ3) is 2.74. The molecule has 0 aromatic carbocycles. The highest BCUT2D eigenvalue weighted by Gasteiger charge is 2.36. The molecule has 2 nitrogen and oxygen atoms in total. The Kier molecular flexibility index (Phi) is 3.24. The van der Waals surface area contributed by atoms with Gasteiger partial charge in [-0.15, -0.1) is 0 Å². The molecule has 1 aromatic heterocycles. The largest absolute Gasteiger partial charge is 0.464 e. The van der Waals surface area contributed by atoms with Crippen molar-refractivity contribution >= 4 is 0 Å². The summed E-state index contributed by atoms with van der Waals surface area (Å²) in [5.74, 6) is 4.76. The van der Waals surface area contributed by atoms with Crippen molar-refractivity contribution in [1.82, 2.24) is 5.32 Å². The van der Waals surface area contributed by atoms with Crippen LogP contribution in [0.25, 0.3) is 0 Å². The second kappa shape index (κ2) is 4.85. The zero-order chi connectivity index (χ0) is 11.7. The van der Waals surface area contributed by atoms with E-state index in [0.29, 0.717) is 5.92 Å². The van der Waals surface area contributed by atoms with Crippen LogP contribution < -0.4 is 5.32 Å². The van der Waals surface area contributed by atoms with Gasteiger partial charge < -0.3 is 9.73 Å². The molecule has 1 N–H and O–H groups in total. The second-order valence-corrected chi connectivity index (χ2v) is 5.90. The quantitative estimate of drug-likeness (QED) is 0.839. The number of hydrogen-bond acceptors (Lipinski definition) is 2. The molecule has 2 aliphatic rings. The Hall–Kier alpha value is -0.760. The van der Waals surface area contributed by atoms with Gasteiger partial charge in [0, 0.05) is 5.92 Å². The minimum absolute atomic E-state index is 0.707. The molecule has 1 heterocycles. The van der Waals surface area contributed by atoms with E-state index < -0.39 is 0 Å². The molecule has 0 aliphatic heterocycles. The van der Waals surface area contributed by atoms with E-state index in [1.807, 2.05) is 0 Å². The summed E-state index contributed by atoms with van der Waals surface area (Å²) in [6.45, 7) is 4.36. The van der Waals surface area contributed by atoms with E-state index in [1.165, 1.54) is 37.9 Å². The normalized spacial score (nSPS) is 28.8. The standard InChI is InChI=1S/C15H23NO/c1-11-8-14(11)15-7-6-13(17-15)10-16-9-12-4-2-3-5-12/h6-7,11-12,14,16H,2-5,8-10H2,1H3. The predicted molar refractivity (Wildman–Crippen MR) is 68.9 cm³/mol. The second-order valence-electron chi connectivity index (χ2n) is 5.90. The lowest BCUT2D eigenvalue weighted by atomic mass is 10.1. The molecule has 2 fully saturated rings. The van der Waals surface area contributed by atoms with E-state index >= 15 is 0 Å². The van der Waals surface area contributed by atoms with Crippen molar-refractivity contribution in [3.05, 3.63) is 23.7 Å². The average Bonchev–Trinajstić information content (AvgIpc) is 2.76. The van der Waals surface area contributed by atoms with Gasteiger partial charge in [0.25, 0.3) is 0 Å². The minimum atomic E-state index is 0.707. The minimum Gasteiger partial charge on any atom is -0.464 e. The van der Waals surface area contributed by atoms with Gasteiger partial charge in [-0.1, -0.05) is 19.8 Å². The first-order chi connectivity index (χ1) is 8.33. The van der Waals surface area contributed by atoms with Gasteiger partial charge in [0.2, 0.25) is 0 Å². The zero-order valence-corrected chi connectivity index (χ0v) is 10.7. The average molecular weight is 233 g/mol.